The highest BCUT2D eigenvalue weighted by Gasteiger charge is 2.42. The summed E-state index contributed by atoms with van der Waals surface area (Å²) < 4.78 is 15.9. The molecule has 1 N–H and O–H groups in total. The second-order valence-electron chi connectivity index (χ2n) is 6.42. The molecular weight excluding hydrogens is 378 g/mol. The highest BCUT2D eigenvalue weighted by Crippen LogP contribution is 2.26. The molecule has 0 spiro atoms. The Morgan fingerprint density at radius 1 is 1.21 bits per heavy atom. The summed E-state index contributed by atoms with van der Waals surface area (Å²) in [6.07, 6.45) is -3.13. The van der Waals surface area contributed by atoms with Crippen LogP contribution in [0, 0.1) is 0 Å². The molecule has 8 nitrogen and oxygen atoms in total. The van der Waals surface area contributed by atoms with E-state index in [1.807, 2.05) is 30.3 Å². The molecule has 0 saturated carbocycles. The number of carbonyl (C=O) groups is 3. The van der Waals surface area contributed by atoms with E-state index in [0.29, 0.717) is 18.0 Å². The number of carboxylic acid groups (broad SMARTS) is 1. The fourth-order valence-corrected chi connectivity index (χ4v) is 2.98. The Morgan fingerprint density at radius 2 is 1.97 bits per heavy atom. The molecule has 3 rings (SSSR count). The maximum atomic E-state index is 12.8. The summed E-state index contributed by atoms with van der Waals surface area (Å²) in [5.41, 5.74) is 1.55. The molecule has 0 aliphatic carbocycles. The lowest BCUT2D eigenvalue weighted by atomic mass is 10.1. The monoisotopic (exact) mass is 399 g/mol. The largest absolute Gasteiger partial charge is 0.489 e. The summed E-state index contributed by atoms with van der Waals surface area (Å²) in [5.74, 6) is -2.27. The quantitative estimate of drug-likeness (QED) is 0.711. The van der Waals surface area contributed by atoms with Crippen LogP contribution in [0.1, 0.15) is 12.5 Å². The van der Waals surface area contributed by atoms with Gasteiger partial charge in [-0.1, -0.05) is 36.4 Å². The smallest absolute Gasteiger partial charge is 0.348 e. The van der Waals surface area contributed by atoms with Gasteiger partial charge in [0.2, 0.25) is 6.10 Å². The Hall–Kier alpha value is -3.39. The van der Waals surface area contributed by atoms with Gasteiger partial charge in [-0.05, 0) is 17.7 Å². The van der Waals surface area contributed by atoms with Crippen LogP contribution < -0.4 is 9.64 Å². The Balaban J connectivity index is 1.74. The average Bonchev–Trinajstić information content (AvgIpc) is 2.71. The molecule has 1 aliphatic rings. The number of anilines is 1. The number of rotatable bonds is 7. The van der Waals surface area contributed by atoms with E-state index in [1.165, 1.54) is 4.90 Å². The predicted octanol–water partition coefficient (Wildman–Crippen LogP) is 2.01. The fraction of sp³-hybridized carbons (Fsp3) is 0.286. The molecule has 0 radical (unpaired) electrons. The van der Waals surface area contributed by atoms with Gasteiger partial charge in [0.15, 0.2) is 6.10 Å². The lowest BCUT2D eigenvalue weighted by Gasteiger charge is -2.34. The number of carbonyl (C=O) groups excluding carboxylic acids is 2. The molecule has 29 heavy (non-hydrogen) atoms. The summed E-state index contributed by atoms with van der Waals surface area (Å²) in [7, 11) is 0. The highest BCUT2D eigenvalue weighted by molar-refractivity contribution is 6.00. The number of esters is 1. The van der Waals surface area contributed by atoms with Crippen molar-refractivity contribution in [3.05, 3.63) is 60.2 Å². The van der Waals surface area contributed by atoms with Crippen molar-refractivity contribution >= 4 is 23.5 Å². The number of benzene rings is 2. The molecule has 2 aromatic rings. The van der Waals surface area contributed by atoms with Crippen molar-refractivity contribution in [3.63, 3.8) is 0 Å². The van der Waals surface area contributed by atoms with E-state index < -0.39 is 30.1 Å². The molecule has 152 valence electrons. The molecule has 8 heteroatoms. The lowest BCUT2D eigenvalue weighted by Crippen LogP contribution is -2.55. The van der Waals surface area contributed by atoms with Crippen LogP contribution in [-0.2, 0) is 30.5 Å². The summed E-state index contributed by atoms with van der Waals surface area (Å²) >= 11 is 0. The van der Waals surface area contributed by atoms with Gasteiger partial charge in [-0.25, -0.2) is 4.79 Å². The van der Waals surface area contributed by atoms with Crippen molar-refractivity contribution in [1.29, 1.82) is 0 Å². The van der Waals surface area contributed by atoms with Crippen molar-refractivity contribution < 1.29 is 33.7 Å². The van der Waals surface area contributed by atoms with Crippen molar-refractivity contribution in [1.82, 2.24) is 0 Å². The first-order valence-corrected chi connectivity index (χ1v) is 9.05. The number of ether oxygens (including phenoxy) is 3. The molecule has 1 heterocycles. The van der Waals surface area contributed by atoms with Crippen LogP contribution >= 0.6 is 0 Å². The Labute approximate surface area is 167 Å². The van der Waals surface area contributed by atoms with Crippen LogP contribution in [0.2, 0.25) is 0 Å². The van der Waals surface area contributed by atoms with Gasteiger partial charge in [-0.2, -0.15) is 0 Å². The van der Waals surface area contributed by atoms with E-state index in [-0.39, 0.29) is 13.2 Å². The van der Waals surface area contributed by atoms with Crippen LogP contribution in [-0.4, -0.2) is 48.3 Å². The number of hydrogen-bond donors (Lipinski definition) is 1. The second-order valence-corrected chi connectivity index (χ2v) is 6.42. The summed E-state index contributed by atoms with van der Waals surface area (Å²) in [6.45, 7) is 1.80. The zero-order valence-electron chi connectivity index (χ0n) is 15.8. The Bertz CT molecular complexity index is 884. The molecule has 1 aliphatic heterocycles. The third-order valence-corrected chi connectivity index (χ3v) is 4.31. The first-order chi connectivity index (χ1) is 14.0. The van der Waals surface area contributed by atoms with E-state index >= 15 is 0 Å². The van der Waals surface area contributed by atoms with Crippen LogP contribution in [0.5, 0.6) is 5.75 Å². The Kier molecular flexibility index (Phi) is 6.46. The molecular formula is C21H21NO7. The number of amides is 1. The van der Waals surface area contributed by atoms with Gasteiger partial charge in [0, 0.05) is 25.2 Å². The van der Waals surface area contributed by atoms with Gasteiger partial charge in [-0.15, -0.1) is 0 Å². The van der Waals surface area contributed by atoms with Gasteiger partial charge in [-0.3, -0.25) is 9.59 Å². The summed E-state index contributed by atoms with van der Waals surface area (Å²) in [4.78, 5) is 36.9. The van der Waals surface area contributed by atoms with E-state index in [4.69, 9.17) is 14.2 Å². The maximum Gasteiger partial charge on any atom is 0.348 e. The summed E-state index contributed by atoms with van der Waals surface area (Å²) in [5, 5.41) is 9.32. The first kappa shape index (κ1) is 20.3. The van der Waals surface area contributed by atoms with Crippen molar-refractivity contribution in [2.75, 3.05) is 18.1 Å². The molecule has 2 atom stereocenters. The number of aliphatic carboxylic acids is 1. The van der Waals surface area contributed by atoms with E-state index in [9.17, 15) is 19.5 Å². The van der Waals surface area contributed by atoms with Crippen LogP contribution in [0.4, 0.5) is 5.69 Å². The maximum absolute atomic E-state index is 12.8. The average molecular weight is 399 g/mol. The Morgan fingerprint density at radius 3 is 2.66 bits per heavy atom. The molecule has 1 amide bonds. The van der Waals surface area contributed by atoms with Crippen LogP contribution in [0.25, 0.3) is 0 Å². The zero-order valence-corrected chi connectivity index (χ0v) is 15.8. The number of carboxylic acids is 1. The van der Waals surface area contributed by atoms with Crippen LogP contribution in [0.3, 0.4) is 0 Å². The van der Waals surface area contributed by atoms with Crippen molar-refractivity contribution in [3.8, 4) is 5.75 Å². The standard InChI is InChI=1S/C21H21NO7/c1-14(23)29-19(21(25)26)18-20(24)22(10-11-27-18)16-8-5-9-17(12-16)28-13-15-6-3-2-4-7-15/h2-9,12,18-19H,10-11,13H2,1H3,(H,25,26)/t18-,19?/m1/s1. The normalized spacial score (nSPS) is 17.5. The predicted molar refractivity (Wildman–Crippen MR) is 102 cm³/mol. The molecule has 0 aromatic heterocycles. The van der Waals surface area contributed by atoms with E-state index in [2.05, 4.69) is 0 Å². The minimum Gasteiger partial charge on any atom is -0.489 e. The lowest BCUT2D eigenvalue weighted by molar-refractivity contribution is -0.177. The van der Waals surface area contributed by atoms with Gasteiger partial charge >= 0.3 is 11.9 Å². The third kappa shape index (κ3) is 5.11. The van der Waals surface area contributed by atoms with E-state index in [0.717, 1.165) is 12.5 Å². The molecule has 0 bridgehead atoms. The van der Waals surface area contributed by atoms with Gasteiger partial charge in [0.1, 0.15) is 12.4 Å². The SMILES string of the molecule is CC(=O)OC(C(=O)O)[C@H]1OCCN(c2cccc(OCc3ccccc3)c2)C1=O. The summed E-state index contributed by atoms with van der Waals surface area (Å²) in [6, 6.07) is 16.6. The van der Waals surface area contributed by atoms with Crippen molar-refractivity contribution in [2.45, 2.75) is 25.7 Å². The minimum atomic E-state index is -1.71. The fourth-order valence-electron chi connectivity index (χ4n) is 2.98. The first-order valence-electron chi connectivity index (χ1n) is 9.05. The third-order valence-electron chi connectivity index (χ3n) is 4.31. The topological polar surface area (TPSA) is 102 Å². The van der Waals surface area contributed by atoms with Gasteiger partial charge in [0.05, 0.1) is 6.61 Å². The van der Waals surface area contributed by atoms with Crippen LogP contribution in [0.15, 0.2) is 54.6 Å². The number of hydrogen-bond acceptors (Lipinski definition) is 6. The number of nitrogens with zero attached hydrogens (tertiary/aromatic N) is 1. The molecule has 1 fully saturated rings. The van der Waals surface area contributed by atoms with Gasteiger partial charge < -0.3 is 24.2 Å². The molecule has 1 unspecified atom stereocenters. The molecule has 1 saturated heterocycles. The minimum absolute atomic E-state index is 0.108. The zero-order chi connectivity index (χ0) is 20.8. The van der Waals surface area contributed by atoms with Gasteiger partial charge in [0.25, 0.3) is 5.91 Å². The highest BCUT2D eigenvalue weighted by atomic mass is 16.6. The van der Waals surface area contributed by atoms with Crippen molar-refractivity contribution in [2.24, 2.45) is 0 Å². The second kappa shape index (κ2) is 9.20. The molecule has 2 aromatic carbocycles. The van der Waals surface area contributed by atoms with E-state index in [1.54, 1.807) is 24.3 Å². The number of morpholine rings is 1.